The summed E-state index contributed by atoms with van der Waals surface area (Å²) in [4.78, 5) is 36.1. The molecule has 0 spiro atoms. The van der Waals surface area contributed by atoms with E-state index >= 15 is 0 Å². The molecule has 9 nitrogen and oxygen atoms in total. The van der Waals surface area contributed by atoms with Crippen LogP contribution in [0.3, 0.4) is 0 Å². The van der Waals surface area contributed by atoms with Crippen LogP contribution in [0.5, 0.6) is 0 Å². The number of H-pyrrole nitrogens is 1. The second-order valence-electron chi connectivity index (χ2n) is 8.53. The number of ketones is 1. The van der Waals surface area contributed by atoms with E-state index in [4.69, 9.17) is 5.11 Å². The normalized spacial score (nSPS) is 11.8. The maximum atomic E-state index is 13.6. The molecule has 0 aliphatic heterocycles. The number of benzene rings is 2. The minimum atomic E-state index is -2.38. The van der Waals surface area contributed by atoms with Crippen molar-refractivity contribution < 1.29 is 23.5 Å². The first-order chi connectivity index (χ1) is 18.4. The predicted octanol–water partition coefficient (Wildman–Crippen LogP) is 5.15. The van der Waals surface area contributed by atoms with Crippen LogP contribution in [0.2, 0.25) is 0 Å². The Morgan fingerprint density at radius 2 is 1.76 bits per heavy atom. The Morgan fingerprint density at radius 1 is 0.947 bits per heavy atom. The largest absolute Gasteiger partial charge is 0.481 e. The monoisotopic (exact) mass is 526 g/mol. The van der Waals surface area contributed by atoms with Gasteiger partial charge in [0.2, 0.25) is 0 Å². The van der Waals surface area contributed by atoms with Crippen LogP contribution in [0.4, 0.5) is 11.4 Å². The van der Waals surface area contributed by atoms with E-state index in [1.807, 2.05) is 30.3 Å². The fraction of sp³-hybridized carbons (Fsp3) is 0.0714. The van der Waals surface area contributed by atoms with Crippen LogP contribution in [0, 0.1) is 0 Å². The molecular weight excluding hydrogens is 504 g/mol. The van der Waals surface area contributed by atoms with Gasteiger partial charge >= 0.3 is 5.97 Å². The summed E-state index contributed by atoms with van der Waals surface area (Å²) in [6, 6.07) is 19.3. The summed E-state index contributed by atoms with van der Waals surface area (Å²) in [7, 11) is 0. The number of carboxylic acid groups (broad SMARTS) is 1. The Hall–Kier alpha value is -4.67. The number of anilines is 2. The topological polar surface area (TPSA) is 136 Å². The van der Waals surface area contributed by atoms with Crippen molar-refractivity contribution >= 4 is 45.4 Å². The molecule has 3 N–H and O–H groups in total. The lowest BCUT2D eigenvalue weighted by molar-refractivity contribution is -0.136. The van der Waals surface area contributed by atoms with Crippen LogP contribution >= 0.6 is 0 Å². The van der Waals surface area contributed by atoms with Gasteiger partial charge in [0, 0.05) is 47.1 Å². The van der Waals surface area contributed by atoms with Gasteiger partial charge in [0.05, 0.1) is 17.6 Å². The summed E-state index contributed by atoms with van der Waals surface area (Å²) in [5, 5.41) is 9.61. The van der Waals surface area contributed by atoms with Gasteiger partial charge in [-0.1, -0.05) is 36.4 Å². The van der Waals surface area contributed by atoms with Gasteiger partial charge in [-0.25, -0.2) is 13.5 Å². The Bertz CT molecular complexity index is 1670. The molecule has 0 aliphatic rings. The highest BCUT2D eigenvalue weighted by Gasteiger charge is 2.20. The van der Waals surface area contributed by atoms with E-state index in [1.165, 1.54) is 10.5 Å². The molecule has 0 saturated heterocycles. The zero-order valence-corrected chi connectivity index (χ0v) is 20.8. The highest BCUT2D eigenvalue weighted by Crippen LogP contribution is 2.30. The summed E-state index contributed by atoms with van der Waals surface area (Å²) >= 11 is -2.38. The summed E-state index contributed by atoms with van der Waals surface area (Å²) in [5.41, 5.74) is 4.61. The van der Waals surface area contributed by atoms with Gasteiger partial charge in [-0.15, -0.1) is 0 Å². The van der Waals surface area contributed by atoms with Gasteiger partial charge in [0.1, 0.15) is 5.65 Å². The summed E-state index contributed by atoms with van der Waals surface area (Å²) in [6.07, 6.45) is 6.78. The van der Waals surface area contributed by atoms with Crippen molar-refractivity contribution in [3.63, 3.8) is 0 Å². The molecule has 0 bridgehead atoms. The van der Waals surface area contributed by atoms with Crippen molar-refractivity contribution in [3.05, 3.63) is 108 Å². The van der Waals surface area contributed by atoms with E-state index < -0.39 is 17.2 Å². The summed E-state index contributed by atoms with van der Waals surface area (Å²) in [5.74, 6) is -1.13. The molecule has 0 aliphatic carbocycles. The van der Waals surface area contributed by atoms with Gasteiger partial charge in [-0.2, -0.15) is 0 Å². The number of rotatable bonds is 9. The van der Waals surface area contributed by atoms with Gasteiger partial charge in [0.25, 0.3) is 11.3 Å². The van der Waals surface area contributed by atoms with Crippen molar-refractivity contribution in [3.8, 4) is 11.1 Å². The average molecular weight is 527 g/mol. The molecule has 0 radical (unpaired) electrons. The van der Waals surface area contributed by atoms with E-state index in [0.29, 0.717) is 40.0 Å². The van der Waals surface area contributed by atoms with Gasteiger partial charge in [-0.05, 0) is 47.9 Å². The van der Waals surface area contributed by atoms with Crippen molar-refractivity contribution in [1.82, 2.24) is 15.0 Å². The molecule has 3 aromatic heterocycles. The van der Waals surface area contributed by atoms with E-state index in [1.54, 1.807) is 55.0 Å². The van der Waals surface area contributed by atoms with Crippen LogP contribution in [0.25, 0.3) is 22.2 Å². The SMILES string of the molecule is O=C(O)CCc1cccc(-c2cnc3[nH]cc(C(=O)c4cccc(N(c5cccnc5)S(=O)O)c4)c3c2)c1. The lowest BCUT2D eigenvalue weighted by Crippen LogP contribution is -2.19. The minimum Gasteiger partial charge on any atom is -0.481 e. The lowest BCUT2D eigenvalue weighted by Gasteiger charge is -2.20. The van der Waals surface area contributed by atoms with Crippen molar-refractivity contribution in [2.24, 2.45) is 0 Å². The lowest BCUT2D eigenvalue weighted by atomic mass is 9.99. The van der Waals surface area contributed by atoms with Gasteiger partial charge in [0.15, 0.2) is 5.78 Å². The first-order valence-corrected chi connectivity index (χ1v) is 12.7. The molecule has 5 aromatic rings. The second-order valence-corrected chi connectivity index (χ2v) is 9.36. The van der Waals surface area contributed by atoms with Crippen LogP contribution in [0.1, 0.15) is 27.9 Å². The summed E-state index contributed by atoms with van der Waals surface area (Å²) < 4.78 is 23.3. The zero-order valence-electron chi connectivity index (χ0n) is 19.9. The number of aryl methyl sites for hydroxylation is 1. The molecule has 0 saturated carbocycles. The molecule has 10 heteroatoms. The highest BCUT2D eigenvalue weighted by molar-refractivity contribution is 7.81. The molecule has 1 unspecified atom stereocenters. The molecule has 1 atom stereocenters. The molecule has 190 valence electrons. The number of nitrogens with one attached hydrogen (secondary N) is 1. The molecule has 0 amide bonds. The fourth-order valence-corrected chi connectivity index (χ4v) is 4.82. The average Bonchev–Trinajstić information content (AvgIpc) is 3.36. The second kappa shape index (κ2) is 10.8. The molecule has 3 heterocycles. The number of hydrogen-bond acceptors (Lipinski definition) is 5. The number of aromatic amines is 1. The number of aromatic nitrogens is 3. The van der Waals surface area contributed by atoms with E-state index in [2.05, 4.69) is 15.0 Å². The third-order valence-electron chi connectivity index (χ3n) is 6.04. The van der Waals surface area contributed by atoms with E-state index in [-0.39, 0.29) is 12.2 Å². The van der Waals surface area contributed by atoms with Crippen molar-refractivity contribution in [2.45, 2.75) is 12.8 Å². The molecule has 0 fully saturated rings. The molecule has 38 heavy (non-hydrogen) atoms. The maximum Gasteiger partial charge on any atom is 0.303 e. The Kier molecular flexibility index (Phi) is 7.07. The predicted molar refractivity (Wildman–Crippen MR) is 145 cm³/mol. The molecular formula is C28H22N4O5S. The Morgan fingerprint density at radius 3 is 2.53 bits per heavy atom. The number of nitrogens with zero attached hydrogens (tertiary/aromatic N) is 3. The van der Waals surface area contributed by atoms with Crippen LogP contribution in [-0.2, 0) is 22.5 Å². The van der Waals surface area contributed by atoms with E-state index in [9.17, 15) is 18.4 Å². The highest BCUT2D eigenvalue weighted by atomic mass is 32.2. The minimum absolute atomic E-state index is 0.0400. The molecule has 5 rings (SSSR count). The van der Waals surface area contributed by atoms with Gasteiger partial charge < -0.3 is 10.1 Å². The van der Waals surface area contributed by atoms with Crippen molar-refractivity contribution in [2.75, 3.05) is 4.31 Å². The first kappa shape index (κ1) is 25.0. The molecule has 2 aromatic carbocycles. The number of hydrogen-bond donors (Lipinski definition) is 3. The quantitative estimate of drug-likeness (QED) is 0.178. The van der Waals surface area contributed by atoms with E-state index in [0.717, 1.165) is 16.7 Å². The number of pyridine rings is 2. The number of carboxylic acids is 1. The standard InChI is InChI=1S/C28H22N4O5S/c33-26(34)10-9-18-4-1-5-19(12-18)21-14-24-25(17-31-28(24)30-15-21)27(35)20-6-2-7-22(13-20)32(38(36)37)23-8-3-11-29-16-23/h1-8,11-17H,9-10H2,(H,30,31)(H,33,34)(H,36,37). The Balaban J connectivity index is 1.49. The summed E-state index contributed by atoms with van der Waals surface area (Å²) in [6.45, 7) is 0. The fourth-order valence-electron chi connectivity index (χ4n) is 4.24. The Labute approximate surface area is 220 Å². The smallest absolute Gasteiger partial charge is 0.303 e. The van der Waals surface area contributed by atoms with Crippen LogP contribution in [0.15, 0.2) is 91.5 Å². The number of carbonyl (C=O) groups is 2. The number of aliphatic carboxylic acids is 1. The van der Waals surface area contributed by atoms with Crippen LogP contribution < -0.4 is 4.31 Å². The number of fused-ring (bicyclic) bond motifs is 1. The third kappa shape index (κ3) is 5.22. The number of carbonyl (C=O) groups excluding carboxylic acids is 1. The van der Waals surface area contributed by atoms with Gasteiger partial charge in [-0.3, -0.25) is 19.1 Å². The zero-order chi connectivity index (χ0) is 26.6. The maximum absolute atomic E-state index is 13.6. The first-order valence-electron chi connectivity index (χ1n) is 11.6. The van der Waals surface area contributed by atoms with Crippen LogP contribution in [-0.4, -0.2) is 40.6 Å². The van der Waals surface area contributed by atoms with Crippen molar-refractivity contribution in [1.29, 1.82) is 0 Å². The third-order valence-corrected chi connectivity index (χ3v) is 6.78.